The average Bonchev–Trinajstić information content (AvgIpc) is 4.19. The number of ether oxygens (including phenoxy) is 6. The molecule has 4 aromatic carbocycles. The largest absolute Gasteiger partial charge is 0.493 e. The average molecular weight is 1020 g/mol. The Kier molecular flexibility index (Phi) is 15.5. The van der Waals surface area contributed by atoms with Gasteiger partial charge < -0.3 is 48.2 Å². The van der Waals surface area contributed by atoms with Crippen molar-refractivity contribution in [3.05, 3.63) is 96.8 Å². The first kappa shape index (κ1) is 50.2. The van der Waals surface area contributed by atoms with Crippen LogP contribution in [0.5, 0.6) is 46.3 Å². The maximum Gasteiger partial charge on any atom is 0.237 e. The Balaban J connectivity index is 0.000000170. The van der Waals surface area contributed by atoms with E-state index in [1.165, 1.54) is 25.5 Å². The fraction of sp³-hybridized carbons (Fsp3) is 0.393. The van der Waals surface area contributed by atoms with Crippen LogP contribution >= 0.6 is 11.6 Å². The molecule has 2 amide bonds. The molecule has 11 rings (SSSR count). The minimum absolute atomic E-state index is 0.0110. The van der Waals surface area contributed by atoms with Crippen molar-refractivity contribution in [1.82, 2.24) is 44.6 Å². The Labute approximate surface area is 434 Å². The van der Waals surface area contributed by atoms with Gasteiger partial charge in [-0.25, -0.2) is 19.9 Å². The molecule has 74 heavy (non-hydrogen) atoms. The molecule has 0 aliphatic carbocycles. The third-order valence-corrected chi connectivity index (χ3v) is 14.7. The van der Waals surface area contributed by atoms with Gasteiger partial charge in [0.05, 0.1) is 55.8 Å². The number of nitrogens with zero attached hydrogens (tertiary/aromatic N) is 7. The van der Waals surface area contributed by atoms with Crippen LogP contribution in [0, 0.1) is 25.7 Å². The van der Waals surface area contributed by atoms with E-state index in [4.69, 9.17) is 40.0 Å². The molecule has 0 radical (unpaired) electrons. The topological polar surface area (TPSA) is 182 Å². The number of amides is 2. The molecule has 0 atom stereocenters. The molecule has 0 bridgehead atoms. The predicted octanol–water partition coefficient (Wildman–Crippen LogP) is 10.0. The molecule has 4 aromatic heterocycles. The number of likely N-dealkylation sites (tertiary alicyclic amines) is 3. The normalized spacial score (nSPS) is 15.6. The number of hydrogen-bond acceptors (Lipinski definition) is 13. The first-order valence-corrected chi connectivity index (χ1v) is 25.9. The molecular formula is C56H62ClN9O8. The summed E-state index contributed by atoms with van der Waals surface area (Å²) in [6, 6.07) is 19.3. The van der Waals surface area contributed by atoms with Gasteiger partial charge in [0.15, 0.2) is 23.0 Å². The maximum atomic E-state index is 12.7. The van der Waals surface area contributed by atoms with Gasteiger partial charge >= 0.3 is 0 Å². The third kappa shape index (κ3) is 11.4. The predicted molar refractivity (Wildman–Crippen MR) is 284 cm³/mol. The van der Waals surface area contributed by atoms with E-state index in [0.717, 1.165) is 101 Å². The highest BCUT2D eigenvalue weighted by Gasteiger charge is 2.27. The van der Waals surface area contributed by atoms with Crippen LogP contribution in [0.2, 0.25) is 0 Å². The van der Waals surface area contributed by atoms with Crippen LogP contribution in [0.15, 0.2) is 85.7 Å². The monoisotopic (exact) mass is 1020 g/mol. The van der Waals surface area contributed by atoms with Gasteiger partial charge in [-0.1, -0.05) is 0 Å². The zero-order valence-electron chi connectivity index (χ0n) is 42.3. The summed E-state index contributed by atoms with van der Waals surface area (Å²) in [6.45, 7) is 10.9. The molecule has 3 aliphatic rings. The van der Waals surface area contributed by atoms with Crippen molar-refractivity contribution in [2.75, 3.05) is 79.1 Å². The van der Waals surface area contributed by atoms with Crippen LogP contribution < -0.4 is 28.4 Å². The molecule has 17 nitrogen and oxygen atoms in total. The number of halogens is 1. The van der Waals surface area contributed by atoms with Crippen molar-refractivity contribution in [1.29, 1.82) is 0 Å². The van der Waals surface area contributed by atoms with E-state index in [0.29, 0.717) is 96.5 Å². The van der Waals surface area contributed by atoms with Crippen molar-refractivity contribution in [2.24, 2.45) is 11.8 Å². The molecule has 8 aromatic rings. The number of rotatable bonds is 15. The number of aromatic nitrogens is 6. The van der Waals surface area contributed by atoms with Crippen LogP contribution in [-0.2, 0) is 9.59 Å². The summed E-state index contributed by atoms with van der Waals surface area (Å²) in [5.41, 5.74) is 5.85. The highest BCUT2D eigenvalue weighted by molar-refractivity contribution is 6.27. The lowest BCUT2D eigenvalue weighted by Crippen LogP contribution is -2.44. The number of alkyl halides is 1. The van der Waals surface area contributed by atoms with Crippen LogP contribution in [0.25, 0.3) is 43.6 Å². The summed E-state index contributed by atoms with van der Waals surface area (Å²) in [6.07, 6.45) is 13.0. The number of carbonyl (C=O) groups excluding carboxylic acids is 2. The van der Waals surface area contributed by atoms with Crippen molar-refractivity contribution < 1.29 is 38.0 Å². The summed E-state index contributed by atoms with van der Waals surface area (Å²) < 4.78 is 36.0. The smallest absolute Gasteiger partial charge is 0.237 e. The molecule has 0 saturated carbocycles. The summed E-state index contributed by atoms with van der Waals surface area (Å²) >= 11 is 5.67. The lowest BCUT2D eigenvalue weighted by Gasteiger charge is -2.33. The Morgan fingerprint density at radius 3 is 1.49 bits per heavy atom. The van der Waals surface area contributed by atoms with Gasteiger partial charge in [-0.15, -0.1) is 11.6 Å². The van der Waals surface area contributed by atoms with Crippen LogP contribution in [0.1, 0.15) is 49.7 Å². The molecule has 0 unspecified atom stereocenters. The van der Waals surface area contributed by atoms with Crippen LogP contribution in [-0.4, -0.2) is 136 Å². The van der Waals surface area contributed by atoms with Crippen molar-refractivity contribution in [3.8, 4) is 46.3 Å². The van der Waals surface area contributed by atoms with Crippen molar-refractivity contribution >= 4 is 67.0 Å². The molecule has 2 N–H and O–H groups in total. The highest BCUT2D eigenvalue weighted by Crippen LogP contribution is 2.39. The number of H-pyrrole nitrogens is 2. The molecule has 0 spiro atoms. The van der Waals surface area contributed by atoms with Gasteiger partial charge in [0, 0.05) is 72.5 Å². The summed E-state index contributed by atoms with van der Waals surface area (Å²) in [5, 5.41) is 3.70. The van der Waals surface area contributed by atoms with E-state index >= 15 is 0 Å². The minimum atomic E-state index is -0.0110. The molecule has 18 heteroatoms. The van der Waals surface area contributed by atoms with Crippen LogP contribution in [0.4, 0.5) is 0 Å². The number of aromatic amines is 2. The molecule has 3 fully saturated rings. The molecular weight excluding hydrogens is 962 g/mol. The fourth-order valence-corrected chi connectivity index (χ4v) is 10.2. The lowest BCUT2D eigenvalue weighted by atomic mass is 9.97. The first-order chi connectivity index (χ1) is 36.1. The van der Waals surface area contributed by atoms with E-state index in [9.17, 15) is 9.59 Å². The Hall–Kier alpha value is -7.37. The van der Waals surface area contributed by atoms with Gasteiger partial charge in [0.25, 0.3) is 0 Å². The van der Waals surface area contributed by atoms with Crippen molar-refractivity contribution in [3.63, 3.8) is 0 Å². The Morgan fingerprint density at radius 1 is 0.581 bits per heavy atom. The first-order valence-electron chi connectivity index (χ1n) is 25.4. The quantitative estimate of drug-likeness (QED) is 0.0927. The number of carbonyl (C=O) groups is 2. The van der Waals surface area contributed by atoms with Gasteiger partial charge in [-0.05, 0) is 137 Å². The number of nitrogens with one attached hydrogen (secondary N) is 2. The minimum Gasteiger partial charge on any atom is -0.493 e. The number of piperidine rings is 2. The molecule has 3 aliphatic heterocycles. The second kappa shape index (κ2) is 22.8. The second-order valence-electron chi connectivity index (χ2n) is 19.3. The second-order valence-corrected chi connectivity index (χ2v) is 19.6. The highest BCUT2D eigenvalue weighted by atomic mass is 35.5. The molecule has 7 heterocycles. The number of benzene rings is 4. The molecule has 386 valence electrons. The Morgan fingerprint density at radius 2 is 1.04 bits per heavy atom. The van der Waals surface area contributed by atoms with Crippen molar-refractivity contribution in [2.45, 2.75) is 52.4 Å². The standard InChI is InChI=1S/C30H35N5O4.C26H27ClN4O4/c1-20-16-31-25-6-5-22(13-23(20)25)39-30-24-14-27(37-2)28(15-26(24)32-19-33-30)38-18-21-7-11-35(12-8-21)29(36)17-34-9-3-4-10-34;1-16-13-28-21-4-3-18(9-19(16)21)35-26-20-10-23(33-2)24(11-22(20)29-15-30-26)34-14-17-5-7-31(8-6-17)25(32)12-27/h5-6,13-16,19,21,31H,3-4,7-12,17-18H2,1-2H3;3-4,9-11,13,15,17,28H,5-8,12,14H2,1-2H3. The number of methoxy groups -OCH3 is 2. The summed E-state index contributed by atoms with van der Waals surface area (Å²) in [5.74, 6) is 5.78. The number of aryl methyl sites for hydroxylation is 2. The van der Waals surface area contributed by atoms with E-state index in [2.05, 4.69) is 48.7 Å². The zero-order valence-corrected chi connectivity index (χ0v) is 43.1. The van der Waals surface area contributed by atoms with Gasteiger partial charge in [-0.2, -0.15) is 0 Å². The SMILES string of the molecule is COc1cc2c(Oc3ccc4[nH]cc(C)c4c3)ncnc2cc1OCC1CCN(C(=O)CCl)CC1.COc1cc2c(Oc3ccc4[nH]cc(C)c4c3)ncnc2cc1OCC1CCN(C(=O)CN2CCCC2)CC1. The number of fused-ring (bicyclic) bond motifs is 4. The van der Waals surface area contributed by atoms with E-state index in [1.807, 2.05) is 82.9 Å². The van der Waals surface area contributed by atoms with Gasteiger partial charge in [0.1, 0.15) is 30.0 Å². The van der Waals surface area contributed by atoms with E-state index in [-0.39, 0.29) is 17.7 Å². The number of hydrogen-bond donors (Lipinski definition) is 2. The summed E-state index contributed by atoms with van der Waals surface area (Å²) in [7, 11) is 3.24. The third-order valence-electron chi connectivity index (χ3n) is 14.5. The van der Waals surface area contributed by atoms with E-state index < -0.39 is 0 Å². The zero-order chi connectivity index (χ0) is 51.1. The molecule has 3 saturated heterocycles. The lowest BCUT2D eigenvalue weighted by molar-refractivity contribution is -0.133. The Bertz CT molecular complexity index is 3270. The van der Waals surface area contributed by atoms with Crippen LogP contribution in [0.3, 0.4) is 0 Å². The van der Waals surface area contributed by atoms with E-state index in [1.54, 1.807) is 14.2 Å². The van der Waals surface area contributed by atoms with Gasteiger partial charge in [0.2, 0.25) is 23.6 Å². The summed E-state index contributed by atoms with van der Waals surface area (Å²) in [4.78, 5) is 54.7. The maximum absolute atomic E-state index is 12.7. The fourth-order valence-electron chi connectivity index (χ4n) is 10.0. The van der Waals surface area contributed by atoms with Gasteiger partial charge in [-0.3, -0.25) is 14.5 Å².